The van der Waals surface area contributed by atoms with Gasteiger partial charge < -0.3 is 19.0 Å². The first kappa shape index (κ1) is 22.7. The van der Waals surface area contributed by atoms with Gasteiger partial charge in [-0.3, -0.25) is 9.59 Å². The zero-order valence-corrected chi connectivity index (χ0v) is 18.4. The van der Waals surface area contributed by atoms with Crippen LogP contribution in [-0.4, -0.2) is 47.4 Å². The summed E-state index contributed by atoms with van der Waals surface area (Å²) >= 11 is 0. The quantitative estimate of drug-likeness (QED) is 0.489. The lowest BCUT2D eigenvalue weighted by molar-refractivity contribution is -0.133. The molecule has 2 aromatic carbocycles. The van der Waals surface area contributed by atoms with Crippen LogP contribution < -0.4 is 0 Å². The first-order chi connectivity index (χ1) is 16.1. The van der Waals surface area contributed by atoms with Crippen LogP contribution >= 0.6 is 0 Å². The number of halogens is 1. The van der Waals surface area contributed by atoms with E-state index in [9.17, 15) is 14.0 Å². The molecule has 1 aliphatic heterocycles. The van der Waals surface area contributed by atoms with Gasteiger partial charge in [-0.05, 0) is 54.8 Å². The summed E-state index contributed by atoms with van der Waals surface area (Å²) in [5.74, 6) is -0.137. The fourth-order valence-electron chi connectivity index (χ4n) is 3.91. The molecule has 33 heavy (non-hydrogen) atoms. The van der Waals surface area contributed by atoms with Crippen LogP contribution in [0, 0.1) is 5.82 Å². The summed E-state index contributed by atoms with van der Waals surface area (Å²) in [5.41, 5.74) is 1.32. The van der Waals surface area contributed by atoms with Gasteiger partial charge in [0.2, 0.25) is 5.91 Å². The third-order valence-electron chi connectivity index (χ3n) is 5.65. The maximum absolute atomic E-state index is 13.4. The highest BCUT2D eigenvalue weighted by molar-refractivity contribution is 5.96. The van der Waals surface area contributed by atoms with E-state index in [2.05, 4.69) is 0 Å². The first-order valence-electron chi connectivity index (χ1n) is 11.1. The summed E-state index contributed by atoms with van der Waals surface area (Å²) in [5, 5.41) is 0. The SMILES string of the molecule is O=C(CN(CC1CCCO1)C(=O)c1ccccc1)N(Cc1ccc(F)cc1)Cc1ccco1. The molecular formula is C26H27FN2O4. The number of amides is 2. The van der Waals surface area contributed by atoms with Gasteiger partial charge in [0, 0.05) is 25.3 Å². The lowest BCUT2D eigenvalue weighted by atomic mass is 10.1. The molecule has 1 atom stereocenters. The Labute approximate surface area is 192 Å². The number of ether oxygens (including phenoxy) is 1. The standard InChI is InChI=1S/C26H27FN2O4/c27-22-12-10-20(11-13-22)16-28(17-23-8-4-14-32-23)25(30)19-29(18-24-9-5-15-33-24)26(31)21-6-2-1-3-7-21/h1-4,6-8,10-14,24H,5,9,15-19H2. The van der Waals surface area contributed by atoms with Gasteiger partial charge in [-0.2, -0.15) is 0 Å². The zero-order valence-electron chi connectivity index (χ0n) is 18.4. The highest BCUT2D eigenvalue weighted by atomic mass is 19.1. The van der Waals surface area contributed by atoms with Crippen LogP contribution in [0.25, 0.3) is 0 Å². The van der Waals surface area contributed by atoms with Crippen LogP contribution in [0.1, 0.15) is 34.5 Å². The van der Waals surface area contributed by atoms with Gasteiger partial charge in [-0.15, -0.1) is 0 Å². The van der Waals surface area contributed by atoms with Gasteiger partial charge in [-0.25, -0.2) is 4.39 Å². The second kappa shape index (κ2) is 10.9. The molecule has 6 nitrogen and oxygen atoms in total. The Hall–Kier alpha value is -3.45. The molecule has 1 unspecified atom stereocenters. The first-order valence-corrected chi connectivity index (χ1v) is 11.1. The molecule has 1 aliphatic rings. The van der Waals surface area contributed by atoms with Crippen molar-refractivity contribution in [3.05, 3.63) is 95.7 Å². The maximum Gasteiger partial charge on any atom is 0.254 e. The summed E-state index contributed by atoms with van der Waals surface area (Å²) < 4.78 is 24.5. The number of carbonyl (C=O) groups excluding carboxylic acids is 2. The van der Waals surface area contributed by atoms with Gasteiger partial charge in [0.05, 0.1) is 18.9 Å². The van der Waals surface area contributed by atoms with Crippen LogP contribution in [0.5, 0.6) is 0 Å². The molecule has 0 spiro atoms. The highest BCUT2D eigenvalue weighted by Gasteiger charge is 2.27. The van der Waals surface area contributed by atoms with Crippen molar-refractivity contribution in [1.82, 2.24) is 9.80 Å². The van der Waals surface area contributed by atoms with E-state index in [4.69, 9.17) is 9.15 Å². The van der Waals surface area contributed by atoms with Crippen molar-refractivity contribution in [2.24, 2.45) is 0 Å². The van der Waals surface area contributed by atoms with Crippen molar-refractivity contribution in [3.8, 4) is 0 Å². The molecule has 0 N–H and O–H groups in total. The smallest absolute Gasteiger partial charge is 0.254 e. The Balaban J connectivity index is 1.53. The second-order valence-electron chi connectivity index (χ2n) is 8.14. The second-order valence-corrected chi connectivity index (χ2v) is 8.14. The number of hydrogen-bond donors (Lipinski definition) is 0. The van der Waals surface area contributed by atoms with E-state index in [1.165, 1.54) is 12.1 Å². The Bertz CT molecular complexity index is 1030. The van der Waals surface area contributed by atoms with E-state index in [0.717, 1.165) is 18.4 Å². The molecule has 7 heteroatoms. The Morgan fingerprint density at radius 2 is 1.73 bits per heavy atom. The number of carbonyl (C=O) groups is 2. The molecule has 0 aliphatic carbocycles. The fourth-order valence-corrected chi connectivity index (χ4v) is 3.91. The van der Waals surface area contributed by atoms with E-state index in [1.54, 1.807) is 64.6 Å². The predicted molar refractivity (Wildman–Crippen MR) is 121 cm³/mol. The van der Waals surface area contributed by atoms with Crippen molar-refractivity contribution in [2.75, 3.05) is 19.7 Å². The molecule has 0 radical (unpaired) electrons. The van der Waals surface area contributed by atoms with Crippen LogP contribution in [-0.2, 0) is 22.6 Å². The van der Waals surface area contributed by atoms with Crippen LogP contribution in [0.4, 0.5) is 4.39 Å². The average Bonchev–Trinajstić information content (AvgIpc) is 3.54. The van der Waals surface area contributed by atoms with Crippen molar-refractivity contribution in [2.45, 2.75) is 32.0 Å². The number of benzene rings is 2. The van der Waals surface area contributed by atoms with Gasteiger partial charge in [0.25, 0.3) is 5.91 Å². The molecule has 1 saturated heterocycles. The Morgan fingerprint density at radius 1 is 0.939 bits per heavy atom. The predicted octanol–water partition coefficient (Wildman–Crippen LogP) is 4.27. The molecule has 1 aromatic heterocycles. The van der Waals surface area contributed by atoms with Crippen molar-refractivity contribution < 1.29 is 23.1 Å². The summed E-state index contributed by atoms with van der Waals surface area (Å²) in [6, 6.07) is 18.5. The zero-order chi connectivity index (χ0) is 23.0. The van der Waals surface area contributed by atoms with E-state index < -0.39 is 0 Å². The summed E-state index contributed by atoms with van der Waals surface area (Å²) in [6.45, 7) is 1.45. The van der Waals surface area contributed by atoms with Crippen molar-refractivity contribution in [3.63, 3.8) is 0 Å². The molecule has 2 amide bonds. The minimum Gasteiger partial charge on any atom is -0.467 e. The molecule has 3 aromatic rings. The van der Waals surface area contributed by atoms with E-state index in [1.807, 2.05) is 6.07 Å². The summed E-state index contributed by atoms with van der Waals surface area (Å²) in [6.07, 6.45) is 3.28. The van der Waals surface area contributed by atoms with Gasteiger partial charge in [0.1, 0.15) is 18.1 Å². The summed E-state index contributed by atoms with van der Waals surface area (Å²) in [4.78, 5) is 29.9. The average molecular weight is 451 g/mol. The van der Waals surface area contributed by atoms with Crippen molar-refractivity contribution >= 4 is 11.8 Å². The minimum absolute atomic E-state index is 0.0823. The number of nitrogens with zero attached hydrogens (tertiary/aromatic N) is 2. The van der Waals surface area contributed by atoms with Crippen LogP contribution in [0.2, 0.25) is 0 Å². The van der Waals surface area contributed by atoms with Crippen LogP contribution in [0.15, 0.2) is 77.4 Å². The molecule has 0 bridgehead atoms. The van der Waals surface area contributed by atoms with Crippen LogP contribution in [0.3, 0.4) is 0 Å². The van der Waals surface area contributed by atoms with Gasteiger partial charge >= 0.3 is 0 Å². The number of furan rings is 1. The van der Waals surface area contributed by atoms with E-state index >= 15 is 0 Å². The van der Waals surface area contributed by atoms with Crippen molar-refractivity contribution in [1.29, 1.82) is 0 Å². The maximum atomic E-state index is 13.4. The topological polar surface area (TPSA) is 63.0 Å². The number of hydrogen-bond acceptors (Lipinski definition) is 4. The van der Waals surface area contributed by atoms with Gasteiger partial charge in [0.15, 0.2) is 0 Å². The Kier molecular flexibility index (Phi) is 7.52. The normalized spacial score (nSPS) is 15.4. The van der Waals surface area contributed by atoms with E-state index in [0.29, 0.717) is 24.5 Å². The monoisotopic (exact) mass is 450 g/mol. The third kappa shape index (κ3) is 6.29. The molecular weight excluding hydrogens is 423 g/mol. The Morgan fingerprint density at radius 3 is 2.39 bits per heavy atom. The van der Waals surface area contributed by atoms with Gasteiger partial charge in [-0.1, -0.05) is 30.3 Å². The molecule has 4 rings (SSSR count). The lowest BCUT2D eigenvalue weighted by Gasteiger charge is -2.29. The largest absolute Gasteiger partial charge is 0.467 e. The molecule has 1 fully saturated rings. The number of rotatable bonds is 9. The van der Waals surface area contributed by atoms with E-state index in [-0.39, 0.29) is 43.4 Å². The molecule has 172 valence electrons. The molecule has 0 saturated carbocycles. The minimum atomic E-state index is -0.334. The highest BCUT2D eigenvalue weighted by Crippen LogP contribution is 2.17. The lowest BCUT2D eigenvalue weighted by Crippen LogP contribution is -2.45. The molecule has 2 heterocycles. The summed E-state index contributed by atoms with van der Waals surface area (Å²) in [7, 11) is 0. The fraction of sp³-hybridized carbons (Fsp3) is 0.308. The third-order valence-corrected chi connectivity index (χ3v) is 5.65.